The van der Waals surface area contributed by atoms with Crippen molar-refractivity contribution in [3.8, 4) is 0 Å². The SMILES string of the molecule is CC(=O)O.CO.OCCO. The van der Waals surface area contributed by atoms with Crippen LogP contribution in [0.4, 0.5) is 0 Å². The second-order valence-corrected chi connectivity index (χ2v) is 0.966. The fraction of sp³-hybridized carbons (Fsp3) is 0.800. The minimum Gasteiger partial charge on any atom is -0.481 e. The molecule has 0 aliphatic rings. The number of rotatable bonds is 1. The molecule has 0 radical (unpaired) electrons. The molecule has 0 heterocycles. The van der Waals surface area contributed by atoms with Crippen molar-refractivity contribution in [3.05, 3.63) is 0 Å². The number of aliphatic carboxylic acids is 1. The van der Waals surface area contributed by atoms with E-state index in [-0.39, 0.29) is 13.2 Å². The van der Waals surface area contributed by atoms with Crippen molar-refractivity contribution in [2.45, 2.75) is 6.92 Å². The summed E-state index contributed by atoms with van der Waals surface area (Å²) in [5.74, 6) is -0.833. The van der Waals surface area contributed by atoms with Gasteiger partial charge < -0.3 is 20.4 Å². The van der Waals surface area contributed by atoms with Crippen LogP contribution in [0.2, 0.25) is 0 Å². The van der Waals surface area contributed by atoms with Gasteiger partial charge in [-0.3, -0.25) is 4.79 Å². The summed E-state index contributed by atoms with van der Waals surface area (Å²) in [5, 5.41) is 29.7. The van der Waals surface area contributed by atoms with Gasteiger partial charge in [0.2, 0.25) is 0 Å². The fourth-order valence-corrected chi connectivity index (χ4v) is 0. The predicted molar refractivity (Wildman–Crippen MR) is 35.6 cm³/mol. The van der Waals surface area contributed by atoms with E-state index in [1.807, 2.05) is 0 Å². The zero-order chi connectivity index (χ0) is 8.99. The molecular weight excluding hydrogens is 140 g/mol. The number of aliphatic hydroxyl groups is 3. The maximum Gasteiger partial charge on any atom is 0.300 e. The summed E-state index contributed by atoms with van der Waals surface area (Å²) in [4.78, 5) is 9.00. The maximum absolute atomic E-state index is 9.00. The smallest absolute Gasteiger partial charge is 0.300 e. The molecule has 0 spiro atoms. The van der Waals surface area contributed by atoms with E-state index in [0.29, 0.717) is 0 Å². The van der Waals surface area contributed by atoms with Gasteiger partial charge in [-0.05, 0) is 0 Å². The first-order valence-corrected chi connectivity index (χ1v) is 2.51. The van der Waals surface area contributed by atoms with Crippen LogP contribution >= 0.6 is 0 Å². The summed E-state index contributed by atoms with van der Waals surface area (Å²) in [7, 11) is 1.00. The average Bonchev–Trinajstić information content (AvgIpc) is 1.91. The number of carboxylic acids is 1. The van der Waals surface area contributed by atoms with Gasteiger partial charge in [-0.15, -0.1) is 0 Å². The highest BCUT2D eigenvalue weighted by Crippen LogP contribution is 1.42. The molecule has 0 unspecified atom stereocenters. The summed E-state index contributed by atoms with van der Waals surface area (Å²) in [5.41, 5.74) is 0. The van der Waals surface area contributed by atoms with Gasteiger partial charge in [0, 0.05) is 14.0 Å². The molecule has 0 rings (SSSR count). The minimum atomic E-state index is -0.833. The van der Waals surface area contributed by atoms with Crippen molar-refractivity contribution >= 4 is 5.97 Å². The average molecular weight is 154 g/mol. The normalized spacial score (nSPS) is 6.10. The number of aliphatic hydroxyl groups excluding tert-OH is 3. The number of hydrogen-bond acceptors (Lipinski definition) is 4. The standard InChI is InChI=1S/C2H4O2.C2H6O2.CH4O/c1-2(3)4;3-1-2-4;1-2/h1H3,(H,3,4);3-4H,1-2H2;2H,1H3. The molecule has 64 valence electrons. The second-order valence-electron chi connectivity index (χ2n) is 0.966. The van der Waals surface area contributed by atoms with Gasteiger partial charge in [0.25, 0.3) is 5.97 Å². The second kappa shape index (κ2) is 23.8. The van der Waals surface area contributed by atoms with Crippen LogP contribution in [0.25, 0.3) is 0 Å². The Labute approximate surface area is 59.5 Å². The van der Waals surface area contributed by atoms with Crippen LogP contribution in [0, 0.1) is 0 Å². The van der Waals surface area contributed by atoms with Gasteiger partial charge in [0.1, 0.15) is 0 Å². The first kappa shape index (κ1) is 16.2. The Morgan fingerprint density at radius 2 is 1.30 bits per heavy atom. The van der Waals surface area contributed by atoms with Crippen molar-refractivity contribution in [3.63, 3.8) is 0 Å². The van der Waals surface area contributed by atoms with Gasteiger partial charge in [0.05, 0.1) is 13.2 Å². The molecule has 0 atom stereocenters. The number of hydrogen-bond donors (Lipinski definition) is 4. The predicted octanol–water partition coefficient (Wildman–Crippen LogP) is -1.33. The first-order valence-electron chi connectivity index (χ1n) is 2.51. The molecule has 10 heavy (non-hydrogen) atoms. The Hall–Kier alpha value is -0.650. The Balaban J connectivity index is -0.0000000787. The van der Waals surface area contributed by atoms with E-state index in [9.17, 15) is 0 Å². The Morgan fingerprint density at radius 1 is 1.20 bits per heavy atom. The zero-order valence-corrected chi connectivity index (χ0v) is 6.11. The van der Waals surface area contributed by atoms with Gasteiger partial charge in [-0.1, -0.05) is 0 Å². The third kappa shape index (κ3) is 2420. The highest BCUT2D eigenvalue weighted by atomic mass is 16.4. The summed E-state index contributed by atoms with van der Waals surface area (Å²) < 4.78 is 0. The third-order valence-corrected chi connectivity index (χ3v) is 0.1000. The van der Waals surface area contributed by atoms with Gasteiger partial charge >= 0.3 is 0 Å². The lowest BCUT2D eigenvalue weighted by Crippen LogP contribution is -1.85. The van der Waals surface area contributed by atoms with Crippen LogP contribution in [0.5, 0.6) is 0 Å². The molecule has 0 aromatic heterocycles. The lowest BCUT2D eigenvalue weighted by molar-refractivity contribution is -0.134. The lowest BCUT2D eigenvalue weighted by atomic mass is 10.8. The van der Waals surface area contributed by atoms with Crippen LogP contribution in [0.3, 0.4) is 0 Å². The first-order chi connectivity index (χ1) is 4.65. The van der Waals surface area contributed by atoms with Gasteiger partial charge in [-0.2, -0.15) is 0 Å². The monoisotopic (exact) mass is 154 g/mol. The van der Waals surface area contributed by atoms with Crippen molar-refractivity contribution in [1.29, 1.82) is 0 Å². The summed E-state index contributed by atoms with van der Waals surface area (Å²) in [6, 6.07) is 0. The molecule has 4 N–H and O–H groups in total. The molecule has 0 aliphatic carbocycles. The molecule has 0 fully saturated rings. The van der Waals surface area contributed by atoms with Gasteiger partial charge in [-0.25, -0.2) is 0 Å². The summed E-state index contributed by atoms with van der Waals surface area (Å²) in [6.07, 6.45) is 0. The molecule has 0 aromatic carbocycles. The quantitative estimate of drug-likeness (QED) is 0.375. The lowest BCUT2D eigenvalue weighted by Gasteiger charge is -1.70. The van der Waals surface area contributed by atoms with Crippen LogP contribution in [0.15, 0.2) is 0 Å². The Kier molecular flexibility index (Phi) is 38.5. The topological polar surface area (TPSA) is 98.0 Å². The van der Waals surface area contributed by atoms with Gasteiger partial charge in [0.15, 0.2) is 0 Å². The minimum absolute atomic E-state index is 0.125. The van der Waals surface area contributed by atoms with Crippen LogP contribution < -0.4 is 0 Å². The molecule has 0 aliphatic heterocycles. The molecule has 5 heteroatoms. The molecule has 0 amide bonds. The largest absolute Gasteiger partial charge is 0.481 e. The molecular formula is C5H14O5. The van der Waals surface area contributed by atoms with E-state index in [2.05, 4.69) is 0 Å². The van der Waals surface area contributed by atoms with E-state index >= 15 is 0 Å². The highest BCUT2D eigenvalue weighted by molar-refractivity contribution is 5.62. The zero-order valence-electron chi connectivity index (χ0n) is 6.11. The van der Waals surface area contributed by atoms with Crippen LogP contribution in [-0.2, 0) is 4.79 Å². The highest BCUT2D eigenvalue weighted by Gasteiger charge is 1.65. The number of carbonyl (C=O) groups is 1. The van der Waals surface area contributed by atoms with Crippen molar-refractivity contribution in [2.75, 3.05) is 20.3 Å². The van der Waals surface area contributed by atoms with Crippen LogP contribution in [-0.4, -0.2) is 46.7 Å². The molecule has 0 saturated heterocycles. The maximum atomic E-state index is 9.00. The third-order valence-electron chi connectivity index (χ3n) is 0.1000. The van der Waals surface area contributed by atoms with E-state index in [0.717, 1.165) is 14.0 Å². The van der Waals surface area contributed by atoms with E-state index in [1.54, 1.807) is 0 Å². The fourth-order valence-electron chi connectivity index (χ4n) is 0. The summed E-state index contributed by atoms with van der Waals surface area (Å²) >= 11 is 0. The molecule has 0 bridgehead atoms. The van der Waals surface area contributed by atoms with Crippen molar-refractivity contribution < 1.29 is 25.2 Å². The van der Waals surface area contributed by atoms with Crippen molar-refractivity contribution in [2.24, 2.45) is 0 Å². The van der Waals surface area contributed by atoms with E-state index in [1.165, 1.54) is 0 Å². The molecule has 0 saturated carbocycles. The Bertz CT molecular complexity index is 48.0. The molecule has 5 nitrogen and oxygen atoms in total. The van der Waals surface area contributed by atoms with Crippen molar-refractivity contribution in [1.82, 2.24) is 0 Å². The Morgan fingerprint density at radius 3 is 1.30 bits per heavy atom. The summed E-state index contributed by atoms with van der Waals surface area (Å²) in [6.45, 7) is 0.833. The van der Waals surface area contributed by atoms with E-state index in [4.69, 9.17) is 25.2 Å². The van der Waals surface area contributed by atoms with E-state index < -0.39 is 5.97 Å². The molecule has 0 aromatic rings. The van der Waals surface area contributed by atoms with Crippen LogP contribution in [0.1, 0.15) is 6.92 Å². The number of carboxylic acid groups (broad SMARTS) is 1.